The quantitative estimate of drug-likeness (QED) is 0.776. The summed E-state index contributed by atoms with van der Waals surface area (Å²) in [4.78, 5) is 11.6. The Morgan fingerprint density at radius 2 is 2.31 bits per heavy atom. The molecule has 90 valence electrons. The Kier molecular flexibility index (Phi) is 4.70. The van der Waals surface area contributed by atoms with Crippen LogP contribution in [0, 0.1) is 0 Å². The molecule has 0 bridgehead atoms. The van der Waals surface area contributed by atoms with E-state index in [2.05, 4.69) is 5.32 Å². The first-order valence-electron chi connectivity index (χ1n) is 4.93. The van der Waals surface area contributed by atoms with Crippen LogP contribution in [0.15, 0.2) is 16.5 Å². The largest absolute Gasteiger partial charge is 0.455 e. The molecule has 0 aromatic carbocycles. The van der Waals surface area contributed by atoms with Gasteiger partial charge in [-0.25, -0.2) is 0 Å². The maximum Gasteiger partial charge on any atom is 0.287 e. The fraction of sp³-hybridized carbons (Fsp3) is 0.500. The maximum absolute atomic E-state index is 11.6. The molecule has 0 aliphatic rings. The van der Waals surface area contributed by atoms with Gasteiger partial charge in [-0.2, -0.15) is 0 Å². The van der Waals surface area contributed by atoms with Crippen molar-refractivity contribution in [1.82, 2.24) is 5.32 Å². The summed E-state index contributed by atoms with van der Waals surface area (Å²) in [5, 5.41) is 2.57. The van der Waals surface area contributed by atoms with Gasteiger partial charge < -0.3 is 15.5 Å². The fourth-order valence-corrected chi connectivity index (χ4v) is 1.37. The number of hydrogen-bond acceptors (Lipinski definition) is 4. The third-order valence-corrected chi connectivity index (χ3v) is 3.50. The first kappa shape index (κ1) is 12.9. The molecule has 0 saturated heterocycles. The van der Waals surface area contributed by atoms with E-state index in [0.717, 1.165) is 0 Å². The average Bonchev–Trinajstić information content (AvgIpc) is 2.73. The molecule has 0 saturated carbocycles. The second-order valence-corrected chi connectivity index (χ2v) is 5.29. The molecule has 0 radical (unpaired) electrons. The van der Waals surface area contributed by atoms with E-state index in [9.17, 15) is 9.00 Å². The summed E-state index contributed by atoms with van der Waals surface area (Å²) in [6.45, 7) is 2.44. The lowest BCUT2D eigenvalue weighted by Gasteiger charge is -2.08. The Morgan fingerprint density at radius 1 is 1.62 bits per heavy atom. The Morgan fingerprint density at radius 3 is 2.81 bits per heavy atom. The molecule has 6 heteroatoms. The Balaban J connectivity index is 2.49. The number of rotatable bonds is 5. The average molecular weight is 244 g/mol. The second kappa shape index (κ2) is 5.81. The normalized spacial score (nSPS) is 14.4. The summed E-state index contributed by atoms with van der Waals surface area (Å²) >= 11 is 0. The SMILES string of the molecule is CC(CNC(=O)c1ccc(CN)o1)S(C)=O. The summed E-state index contributed by atoms with van der Waals surface area (Å²) in [6, 6.07) is 3.24. The van der Waals surface area contributed by atoms with Crippen LogP contribution in [0.5, 0.6) is 0 Å². The zero-order valence-corrected chi connectivity index (χ0v) is 10.2. The number of hydrogen-bond donors (Lipinski definition) is 2. The van der Waals surface area contributed by atoms with Crippen LogP contribution in [-0.4, -0.2) is 28.2 Å². The van der Waals surface area contributed by atoms with Crippen LogP contribution in [0.3, 0.4) is 0 Å². The van der Waals surface area contributed by atoms with Crippen LogP contribution in [-0.2, 0) is 17.3 Å². The van der Waals surface area contributed by atoms with E-state index in [1.165, 1.54) is 0 Å². The van der Waals surface area contributed by atoms with E-state index < -0.39 is 10.8 Å². The minimum absolute atomic E-state index is 0.0760. The van der Waals surface area contributed by atoms with Crippen molar-refractivity contribution >= 4 is 16.7 Å². The molecule has 2 atom stereocenters. The van der Waals surface area contributed by atoms with Crippen LogP contribution < -0.4 is 11.1 Å². The zero-order chi connectivity index (χ0) is 12.1. The predicted molar refractivity (Wildman–Crippen MR) is 62.5 cm³/mol. The van der Waals surface area contributed by atoms with E-state index in [0.29, 0.717) is 12.3 Å². The molecule has 16 heavy (non-hydrogen) atoms. The second-order valence-electron chi connectivity index (χ2n) is 3.49. The highest BCUT2D eigenvalue weighted by atomic mass is 32.2. The third kappa shape index (κ3) is 3.46. The predicted octanol–water partition coefficient (Wildman–Crippen LogP) is 0.235. The highest BCUT2D eigenvalue weighted by Crippen LogP contribution is 2.06. The minimum Gasteiger partial charge on any atom is -0.455 e. The van der Waals surface area contributed by atoms with Gasteiger partial charge >= 0.3 is 0 Å². The lowest BCUT2D eigenvalue weighted by Crippen LogP contribution is -2.32. The van der Waals surface area contributed by atoms with Crippen molar-refractivity contribution in [2.45, 2.75) is 18.7 Å². The molecule has 1 rings (SSSR count). The molecular formula is C10H16N2O3S. The number of carbonyl (C=O) groups excluding carboxylic acids is 1. The number of furan rings is 1. The van der Waals surface area contributed by atoms with Gasteiger partial charge in [0.15, 0.2) is 5.76 Å². The Labute approximate surface area is 96.8 Å². The first-order chi connectivity index (χ1) is 7.54. The van der Waals surface area contributed by atoms with Gasteiger partial charge in [-0.15, -0.1) is 0 Å². The molecule has 3 N–H and O–H groups in total. The van der Waals surface area contributed by atoms with Crippen molar-refractivity contribution in [1.29, 1.82) is 0 Å². The molecule has 0 aliphatic heterocycles. The molecule has 5 nitrogen and oxygen atoms in total. The van der Waals surface area contributed by atoms with Crippen molar-refractivity contribution in [2.75, 3.05) is 12.8 Å². The van der Waals surface area contributed by atoms with Crippen molar-refractivity contribution in [3.05, 3.63) is 23.7 Å². The molecule has 1 amide bonds. The number of nitrogens with one attached hydrogen (secondary N) is 1. The van der Waals surface area contributed by atoms with E-state index >= 15 is 0 Å². The molecule has 0 spiro atoms. The Bertz CT molecular complexity index is 389. The standard InChI is InChI=1S/C10H16N2O3S/c1-7(16(2)14)6-12-10(13)9-4-3-8(5-11)15-9/h3-4,7H,5-6,11H2,1-2H3,(H,12,13). The van der Waals surface area contributed by atoms with E-state index in [-0.39, 0.29) is 23.5 Å². The van der Waals surface area contributed by atoms with Crippen molar-refractivity contribution < 1.29 is 13.4 Å². The van der Waals surface area contributed by atoms with Crippen LogP contribution in [0.25, 0.3) is 0 Å². The van der Waals surface area contributed by atoms with Gasteiger partial charge in [0, 0.05) is 28.9 Å². The van der Waals surface area contributed by atoms with Crippen LogP contribution >= 0.6 is 0 Å². The zero-order valence-electron chi connectivity index (χ0n) is 9.36. The Hall–Kier alpha value is -1.14. The van der Waals surface area contributed by atoms with Gasteiger partial charge in [-0.05, 0) is 19.1 Å². The van der Waals surface area contributed by atoms with Crippen LogP contribution in [0.1, 0.15) is 23.2 Å². The van der Waals surface area contributed by atoms with E-state index in [1.54, 1.807) is 18.4 Å². The summed E-state index contributed by atoms with van der Waals surface area (Å²) in [5.74, 6) is 0.490. The molecule has 1 aromatic rings. The molecule has 0 fully saturated rings. The van der Waals surface area contributed by atoms with Gasteiger partial charge in [0.05, 0.1) is 6.54 Å². The lowest BCUT2D eigenvalue weighted by atomic mass is 10.4. The first-order valence-corrected chi connectivity index (χ1v) is 6.56. The minimum atomic E-state index is -0.945. The highest BCUT2D eigenvalue weighted by molar-refractivity contribution is 7.84. The maximum atomic E-state index is 11.6. The van der Waals surface area contributed by atoms with Crippen molar-refractivity contribution in [3.8, 4) is 0 Å². The highest BCUT2D eigenvalue weighted by Gasteiger charge is 2.13. The molecule has 0 aliphatic carbocycles. The van der Waals surface area contributed by atoms with Gasteiger partial charge in [-0.3, -0.25) is 9.00 Å². The summed E-state index contributed by atoms with van der Waals surface area (Å²) in [7, 11) is -0.945. The molecular weight excluding hydrogens is 228 g/mol. The van der Waals surface area contributed by atoms with Crippen LogP contribution in [0.4, 0.5) is 0 Å². The summed E-state index contributed by atoms with van der Waals surface area (Å²) in [6.07, 6.45) is 1.61. The number of amides is 1. The van der Waals surface area contributed by atoms with Crippen molar-refractivity contribution in [2.24, 2.45) is 5.73 Å². The molecule has 2 unspecified atom stereocenters. The number of carbonyl (C=O) groups is 1. The monoisotopic (exact) mass is 244 g/mol. The van der Waals surface area contributed by atoms with Gasteiger partial charge in [0.1, 0.15) is 5.76 Å². The summed E-state index contributed by atoms with van der Waals surface area (Å²) < 4.78 is 16.2. The van der Waals surface area contributed by atoms with E-state index in [1.807, 2.05) is 6.92 Å². The van der Waals surface area contributed by atoms with Gasteiger partial charge in [-0.1, -0.05) is 0 Å². The smallest absolute Gasteiger partial charge is 0.287 e. The third-order valence-electron chi connectivity index (χ3n) is 2.20. The van der Waals surface area contributed by atoms with E-state index in [4.69, 9.17) is 10.2 Å². The fourth-order valence-electron chi connectivity index (χ4n) is 1.05. The van der Waals surface area contributed by atoms with Gasteiger partial charge in [0.25, 0.3) is 5.91 Å². The van der Waals surface area contributed by atoms with Crippen molar-refractivity contribution in [3.63, 3.8) is 0 Å². The van der Waals surface area contributed by atoms with Crippen LogP contribution in [0.2, 0.25) is 0 Å². The van der Waals surface area contributed by atoms with Gasteiger partial charge in [0.2, 0.25) is 0 Å². The molecule has 1 heterocycles. The number of nitrogens with two attached hydrogens (primary N) is 1. The summed E-state index contributed by atoms with van der Waals surface area (Å²) in [5.41, 5.74) is 5.36. The topological polar surface area (TPSA) is 85.3 Å². The lowest BCUT2D eigenvalue weighted by molar-refractivity contribution is 0.0924. The molecule has 1 aromatic heterocycles.